The van der Waals surface area contributed by atoms with E-state index in [1.54, 1.807) is 0 Å². The number of anilines is 1. The second-order valence-electron chi connectivity index (χ2n) is 5.30. The van der Waals surface area contributed by atoms with E-state index in [4.69, 9.17) is 9.15 Å². The Bertz CT molecular complexity index is 395. The molecule has 100 valence electrons. The zero-order valence-corrected chi connectivity index (χ0v) is 10.9. The molecule has 0 radical (unpaired) electrons. The van der Waals surface area contributed by atoms with E-state index in [1.165, 1.54) is 12.8 Å². The first-order valence-corrected chi connectivity index (χ1v) is 6.67. The lowest BCUT2D eigenvalue weighted by Gasteiger charge is -2.33. The summed E-state index contributed by atoms with van der Waals surface area (Å²) in [6.45, 7) is 6.42. The number of nitrogens with one attached hydrogen (secondary N) is 1. The van der Waals surface area contributed by atoms with Crippen LogP contribution in [0.3, 0.4) is 0 Å². The summed E-state index contributed by atoms with van der Waals surface area (Å²) in [6, 6.07) is 1.27. The quantitative estimate of drug-likeness (QED) is 0.860. The van der Waals surface area contributed by atoms with E-state index in [2.05, 4.69) is 34.3 Å². The van der Waals surface area contributed by atoms with Crippen molar-refractivity contribution in [3.63, 3.8) is 0 Å². The van der Waals surface area contributed by atoms with E-state index in [0.717, 1.165) is 13.1 Å². The van der Waals surface area contributed by atoms with Crippen LogP contribution in [-0.2, 0) is 11.3 Å². The Morgan fingerprint density at radius 1 is 1.22 bits per heavy atom. The van der Waals surface area contributed by atoms with Crippen molar-refractivity contribution < 1.29 is 9.15 Å². The molecular weight excluding hydrogens is 232 g/mol. The minimum absolute atomic E-state index is 0.202. The maximum Gasteiger partial charge on any atom is 0.318 e. The predicted octanol–water partition coefficient (Wildman–Crippen LogP) is 0.935. The highest BCUT2D eigenvalue weighted by molar-refractivity contribution is 5.25. The molecule has 1 aliphatic heterocycles. The minimum Gasteiger partial charge on any atom is -0.407 e. The Hall–Kier alpha value is -1.14. The van der Waals surface area contributed by atoms with Gasteiger partial charge in [0.05, 0.1) is 18.8 Å². The Balaban J connectivity index is 1.60. The molecule has 0 bridgehead atoms. The minimum atomic E-state index is 0.202. The molecule has 0 unspecified atom stereocenters. The Morgan fingerprint density at radius 3 is 2.61 bits per heavy atom. The number of morpholine rings is 1. The van der Waals surface area contributed by atoms with Gasteiger partial charge in [-0.2, -0.15) is 0 Å². The molecule has 0 spiro atoms. The number of nitrogens with zero attached hydrogens (tertiary/aromatic N) is 3. The van der Waals surface area contributed by atoms with Crippen LogP contribution in [0.5, 0.6) is 0 Å². The highest BCUT2D eigenvalue weighted by atomic mass is 16.5. The molecular formula is C12H20N4O2. The van der Waals surface area contributed by atoms with E-state index in [9.17, 15) is 0 Å². The van der Waals surface area contributed by atoms with Crippen molar-refractivity contribution in [3.05, 3.63) is 5.89 Å². The van der Waals surface area contributed by atoms with Crippen LogP contribution in [-0.4, -0.2) is 41.5 Å². The van der Waals surface area contributed by atoms with Crippen LogP contribution in [0.2, 0.25) is 0 Å². The zero-order valence-electron chi connectivity index (χ0n) is 10.9. The second kappa shape index (κ2) is 4.85. The first kappa shape index (κ1) is 11.9. The van der Waals surface area contributed by atoms with Gasteiger partial charge in [-0.15, -0.1) is 5.10 Å². The van der Waals surface area contributed by atoms with Gasteiger partial charge in [-0.3, -0.25) is 0 Å². The van der Waals surface area contributed by atoms with Crippen LogP contribution >= 0.6 is 0 Å². The van der Waals surface area contributed by atoms with Gasteiger partial charge in [-0.1, -0.05) is 5.10 Å². The molecule has 0 aromatic carbocycles. The fraction of sp³-hybridized carbons (Fsp3) is 0.833. The van der Waals surface area contributed by atoms with Gasteiger partial charge in [0.2, 0.25) is 5.89 Å². The van der Waals surface area contributed by atoms with Crippen molar-refractivity contribution in [2.75, 3.05) is 18.0 Å². The van der Waals surface area contributed by atoms with Gasteiger partial charge in [-0.05, 0) is 26.7 Å². The number of ether oxygens (including phenoxy) is 1. The van der Waals surface area contributed by atoms with E-state index in [0.29, 0.717) is 24.5 Å². The molecule has 2 fully saturated rings. The van der Waals surface area contributed by atoms with E-state index < -0.39 is 0 Å². The summed E-state index contributed by atoms with van der Waals surface area (Å²) in [6.07, 6.45) is 2.93. The maximum absolute atomic E-state index is 5.69. The van der Waals surface area contributed by atoms with Crippen molar-refractivity contribution in [1.29, 1.82) is 0 Å². The standard InChI is InChI=1S/C12H20N4O2/c1-8-6-16(7-9(2)17-8)12-15-14-11(18-12)5-13-10-3-4-10/h8-10,13H,3-7H2,1-2H3/t8-,9+. The average molecular weight is 252 g/mol. The lowest BCUT2D eigenvalue weighted by atomic mass is 10.2. The molecule has 1 saturated carbocycles. The molecule has 18 heavy (non-hydrogen) atoms. The van der Waals surface area contributed by atoms with Gasteiger partial charge >= 0.3 is 6.01 Å². The van der Waals surface area contributed by atoms with Crippen LogP contribution in [0.25, 0.3) is 0 Å². The molecule has 2 heterocycles. The summed E-state index contributed by atoms with van der Waals surface area (Å²) in [5.74, 6) is 0.670. The molecule has 1 aromatic rings. The van der Waals surface area contributed by atoms with Gasteiger partial charge in [0.1, 0.15) is 0 Å². The Morgan fingerprint density at radius 2 is 1.94 bits per heavy atom. The van der Waals surface area contributed by atoms with Gasteiger partial charge in [0.15, 0.2) is 0 Å². The summed E-state index contributed by atoms with van der Waals surface area (Å²) in [5.41, 5.74) is 0. The van der Waals surface area contributed by atoms with Crippen molar-refractivity contribution in [2.24, 2.45) is 0 Å². The van der Waals surface area contributed by atoms with Crippen molar-refractivity contribution in [2.45, 2.75) is 51.5 Å². The number of hydrogen-bond acceptors (Lipinski definition) is 6. The van der Waals surface area contributed by atoms with Gasteiger partial charge < -0.3 is 19.4 Å². The fourth-order valence-electron chi connectivity index (χ4n) is 2.30. The molecule has 0 amide bonds. The Kier molecular flexibility index (Phi) is 3.22. The molecule has 1 N–H and O–H groups in total. The Labute approximate surface area is 107 Å². The molecule has 1 saturated heterocycles. The molecule has 1 aliphatic carbocycles. The van der Waals surface area contributed by atoms with E-state index in [1.807, 2.05) is 0 Å². The number of aromatic nitrogens is 2. The van der Waals surface area contributed by atoms with Gasteiger partial charge in [0.25, 0.3) is 0 Å². The summed E-state index contributed by atoms with van der Waals surface area (Å²) in [7, 11) is 0. The lowest BCUT2D eigenvalue weighted by molar-refractivity contribution is -0.00676. The first-order valence-electron chi connectivity index (χ1n) is 6.67. The molecule has 6 heteroatoms. The third-order valence-corrected chi connectivity index (χ3v) is 3.27. The van der Waals surface area contributed by atoms with Crippen molar-refractivity contribution in [1.82, 2.24) is 15.5 Å². The predicted molar refractivity (Wildman–Crippen MR) is 66.4 cm³/mol. The topological polar surface area (TPSA) is 63.4 Å². The average Bonchev–Trinajstić information content (AvgIpc) is 3.02. The van der Waals surface area contributed by atoms with Crippen molar-refractivity contribution >= 4 is 6.01 Å². The monoisotopic (exact) mass is 252 g/mol. The highest BCUT2D eigenvalue weighted by Crippen LogP contribution is 2.21. The molecule has 6 nitrogen and oxygen atoms in total. The van der Waals surface area contributed by atoms with Crippen LogP contribution < -0.4 is 10.2 Å². The van der Waals surface area contributed by atoms with Gasteiger partial charge in [0, 0.05) is 19.1 Å². The van der Waals surface area contributed by atoms with Crippen LogP contribution in [0, 0.1) is 0 Å². The van der Waals surface area contributed by atoms with E-state index in [-0.39, 0.29) is 12.2 Å². The third-order valence-electron chi connectivity index (χ3n) is 3.27. The molecule has 2 atom stereocenters. The summed E-state index contributed by atoms with van der Waals surface area (Å²) >= 11 is 0. The zero-order chi connectivity index (χ0) is 12.5. The first-order chi connectivity index (χ1) is 8.70. The highest BCUT2D eigenvalue weighted by Gasteiger charge is 2.26. The fourth-order valence-corrected chi connectivity index (χ4v) is 2.30. The van der Waals surface area contributed by atoms with Crippen LogP contribution in [0.15, 0.2) is 4.42 Å². The number of hydrogen-bond donors (Lipinski definition) is 1. The maximum atomic E-state index is 5.69. The summed E-state index contributed by atoms with van der Waals surface area (Å²) < 4.78 is 11.4. The number of rotatable bonds is 4. The van der Waals surface area contributed by atoms with Crippen LogP contribution in [0.4, 0.5) is 6.01 Å². The summed E-state index contributed by atoms with van der Waals surface area (Å²) in [4.78, 5) is 2.10. The smallest absolute Gasteiger partial charge is 0.318 e. The molecule has 3 rings (SSSR count). The SMILES string of the molecule is C[C@@H]1CN(c2nnc(CNC3CC3)o2)C[C@H](C)O1. The normalized spacial score (nSPS) is 28.7. The van der Waals surface area contributed by atoms with Gasteiger partial charge in [-0.25, -0.2) is 0 Å². The molecule has 2 aliphatic rings. The van der Waals surface area contributed by atoms with E-state index >= 15 is 0 Å². The second-order valence-corrected chi connectivity index (χ2v) is 5.30. The lowest BCUT2D eigenvalue weighted by Crippen LogP contribution is -2.45. The summed E-state index contributed by atoms with van der Waals surface area (Å²) in [5, 5.41) is 11.6. The van der Waals surface area contributed by atoms with Crippen molar-refractivity contribution in [3.8, 4) is 0 Å². The van der Waals surface area contributed by atoms with Crippen LogP contribution in [0.1, 0.15) is 32.6 Å². The largest absolute Gasteiger partial charge is 0.407 e. The molecule has 1 aromatic heterocycles. The third kappa shape index (κ3) is 2.81.